The summed E-state index contributed by atoms with van der Waals surface area (Å²) >= 11 is 5.86. The molecule has 180 valence electrons. The SMILES string of the molecule is CC(=O)CS(=O)(=O)C1(CN2CCn3c(ccc(C(=O)NCc4ccc(Cl)cc4)c3=O)C2=O)CC1. The number of halogens is 1. The van der Waals surface area contributed by atoms with E-state index in [-0.39, 0.29) is 37.4 Å². The van der Waals surface area contributed by atoms with Crippen LogP contribution >= 0.6 is 11.6 Å². The molecule has 1 aliphatic heterocycles. The van der Waals surface area contributed by atoms with E-state index in [1.54, 1.807) is 24.3 Å². The first-order chi connectivity index (χ1) is 16.0. The van der Waals surface area contributed by atoms with Crippen LogP contribution in [0.1, 0.15) is 46.2 Å². The van der Waals surface area contributed by atoms with Crippen molar-refractivity contribution in [2.75, 3.05) is 18.8 Å². The number of sulfone groups is 1. The number of benzene rings is 1. The quantitative estimate of drug-likeness (QED) is 0.579. The van der Waals surface area contributed by atoms with E-state index in [2.05, 4.69) is 5.32 Å². The van der Waals surface area contributed by atoms with Gasteiger partial charge in [0, 0.05) is 31.2 Å². The maximum Gasteiger partial charge on any atom is 0.270 e. The highest BCUT2D eigenvalue weighted by atomic mass is 35.5. The van der Waals surface area contributed by atoms with Gasteiger partial charge in [0.2, 0.25) is 0 Å². The fraction of sp³-hybridized carbons (Fsp3) is 0.391. The summed E-state index contributed by atoms with van der Waals surface area (Å²) in [5.41, 5.74) is 0.256. The van der Waals surface area contributed by atoms with Crippen LogP contribution in [0.3, 0.4) is 0 Å². The Bertz CT molecular complexity index is 1330. The predicted molar refractivity (Wildman–Crippen MR) is 126 cm³/mol. The number of ketones is 1. The van der Waals surface area contributed by atoms with Crippen molar-refractivity contribution in [3.05, 3.63) is 68.6 Å². The van der Waals surface area contributed by atoms with E-state index in [4.69, 9.17) is 11.6 Å². The van der Waals surface area contributed by atoms with Crippen LogP contribution in [-0.2, 0) is 27.7 Å². The normalized spacial score (nSPS) is 16.6. The van der Waals surface area contributed by atoms with Crippen LogP contribution in [-0.4, -0.2) is 59.1 Å². The molecule has 2 amide bonds. The van der Waals surface area contributed by atoms with Crippen LogP contribution < -0.4 is 10.9 Å². The van der Waals surface area contributed by atoms with E-state index in [0.29, 0.717) is 17.9 Å². The van der Waals surface area contributed by atoms with Gasteiger partial charge in [0.25, 0.3) is 17.4 Å². The first kappa shape index (κ1) is 24.2. The average Bonchev–Trinajstić information content (AvgIpc) is 3.56. The molecule has 1 fully saturated rings. The highest BCUT2D eigenvalue weighted by Gasteiger charge is 2.56. The fourth-order valence-electron chi connectivity index (χ4n) is 4.15. The van der Waals surface area contributed by atoms with Gasteiger partial charge in [0.05, 0.1) is 4.75 Å². The smallest absolute Gasteiger partial charge is 0.270 e. The summed E-state index contributed by atoms with van der Waals surface area (Å²) in [7, 11) is -3.68. The molecule has 2 aliphatic rings. The Hall–Kier alpha value is -2.98. The first-order valence-corrected chi connectivity index (χ1v) is 12.8. The minimum absolute atomic E-state index is 0.0149. The maximum absolute atomic E-state index is 13.0. The highest BCUT2D eigenvalue weighted by molar-refractivity contribution is 7.93. The Balaban J connectivity index is 1.48. The fourth-order valence-corrected chi connectivity index (χ4v) is 6.19. The molecular formula is C23H24ClN3O6S. The van der Waals surface area contributed by atoms with E-state index in [9.17, 15) is 27.6 Å². The predicted octanol–water partition coefficient (Wildman–Crippen LogP) is 1.42. The van der Waals surface area contributed by atoms with Crippen LogP contribution in [0.2, 0.25) is 5.02 Å². The summed E-state index contributed by atoms with van der Waals surface area (Å²) in [6.07, 6.45) is 0.790. The maximum atomic E-state index is 13.0. The number of pyridine rings is 1. The van der Waals surface area contributed by atoms with Gasteiger partial charge in [0.15, 0.2) is 9.84 Å². The number of carbonyl (C=O) groups excluding carboxylic acids is 3. The molecule has 1 aliphatic carbocycles. The summed E-state index contributed by atoms with van der Waals surface area (Å²) in [6.45, 7) is 1.70. The molecule has 2 aromatic rings. The minimum atomic E-state index is -3.68. The van der Waals surface area contributed by atoms with E-state index in [1.807, 2.05) is 0 Å². The van der Waals surface area contributed by atoms with Gasteiger partial charge in [-0.1, -0.05) is 23.7 Å². The standard InChI is InChI=1S/C23H24ClN3O6S/c1-15(28)13-34(32,33)23(8-9-23)14-26-10-11-27-19(22(26)31)7-6-18(21(27)30)20(29)25-12-16-2-4-17(24)5-3-16/h2-7H,8-14H2,1H3,(H,25,29). The molecule has 2 heterocycles. The third-order valence-corrected chi connectivity index (χ3v) is 9.12. The number of nitrogens with one attached hydrogen (secondary N) is 1. The van der Waals surface area contributed by atoms with Crippen LogP contribution in [0.4, 0.5) is 0 Å². The molecular weight excluding hydrogens is 482 g/mol. The third-order valence-electron chi connectivity index (χ3n) is 6.22. The van der Waals surface area contributed by atoms with Gasteiger partial charge in [0.1, 0.15) is 22.8 Å². The lowest BCUT2D eigenvalue weighted by molar-refractivity contribution is -0.114. The molecule has 1 aromatic heterocycles. The number of fused-ring (bicyclic) bond motifs is 1. The number of rotatable bonds is 8. The second-order valence-electron chi connectivity index (χ2n) is 8.77. The molecule has 1 N–H and O–H groups in total. The summed E-state index contributed by atoms with van der Waals surface area (Å²) in [5.74, 6) is -2.01. The Morgan fingerprint density at radius 2 is 1.74 bits per heavy atom. The van der Waals surface area contributed by atoms with Crippen molar-refractivity contribution in [2.45, 2.75) is 37.6 Å². The summed E-state index contributed by atoms with van der Waals surface area (Å²) < 4.78 is 25.4. The highest BCUT2D eigenvalue weighted by Crippen LogP contribution is 2.45. The van der Waals surface area contributed by atoms with Crippen molar-refractivity contribution in [1.29, 1.82) is 0 Å². The van der Waals surface area contributed by atoms with Gasteiger partial charge in [-0.3, -0.25) is 19.2 Å². The molecule has 0 radical (unpaired) electrons. The first-order valence-electron chi connectivity index (χ1n) is 10.8. The second kappa shape index (κ2) is 8.99. The van der Waals surface area contributed by atoms with Gasteiger partial charge in [-0.05, 0) is 49.6 Å². The number of nitrogens with zero attached hydrogens (tertiary/aromatic N) is 2. The van der Waals surface area contributed by atoms with Crippen molar-refractivity contribution in [3.8, 4) is 0 Å². The topological polar surface area (TPSA) is 123 Å². The lowest BCUT2D eigenvalue weighted by atomic mass is 10.1. The molecule has 9 nitrogen and oxygen atoms in total. The number of Topliss-reactive ketones (excluding diaryl/α,β-unsaturated/α-hetero) is 1. The van der Waals surface area contributed by atoms with Crippen molar-refractivity contribution in [2.24, 2.45) is 0 Å². The third kappa shape index (κ3) is 4.65. The molecule has 34 heavy (non-hydrogen) atoms. The Kier molecular flexibility index (Phi) is 6.39. The number of aromatic nitrogens is 1. The van der Waals surface area contributed by atoms with Crippen LogP contribution in [0, 0.1) is 0 Å². The van der Waals surface area contributed by atoms with E-state index in [0.717, 1.165) is 5.56 Å². The number of carbonyl (C=O) groups is 3. The van der Waals surface area contributed by atoms with Crippen molar-refractivity contribution >= 4 is 39.0 Å². The van der Waals surface area contributed by atoms with Gasteiger partial charge >= 0.3 is 0 Å². The Labute approximate surface area is 201 Å². The largest absolute Gasteiger partial charge is 0.348 e. The van der Waals surface area contributed by atoms with Gasteiger partial charge in [-0.25, -0.2) is 8.42 Å². The second-order valence-corrected chi connectivity index (χ2v) is 11.6. The van der Waals surface area contributed by atoms with Gasteiger partial charge < -0.3 is 14.8 Å². The zero-order valence-electron chi connectivity index (χ0n) is 18.5. The molecule has 0 unspecified atom stereocenters. The van der Waals surface area contributed by atoms with Crippen LogP contribution in [0.15, 0.2) is 41.2 Å². The van der Waals surface area contributed by atoms with Crippen LogP contribution in [0.5, 0.6) is 0 Å². The zero-order chi connectivity index (χ0) is 24.7. The Morgan fingerprint density at radius 3 is 2.35 bits per heavy atom. The van der Waals surface area contributed by atoms with E-state index >= 15 is 0 Å². The van der Waals surface area contributed by atoms with Crippen molar-refractivity contribution in [3.63, 3.8) is 0 Å². The van der Waals surface area contributed by atoms with Crippen molar-refractivity contribution in [1.82, 2.24) is 14.8 Å². The zero-order valence-corrected chi connectivity index (χ0v) is 20.1. The molecule has 1 saturated carbocycles. The molecule has 0 atom stereocenters. The van der Waals surface area contributed by atoms with E-state index in [1.165, 1.54) is 28.5 Å². The molecule has 0 saturated heterocycles. The minimum Gasteiger partial charge on any atom is -0.348 e. The van der Waals surface area contributed by atoms with Crippen LogP contribution in [0.25, 0.3) is 0 Å². The summed E-state index contributed by atoms with van der Waals surface area (Å²) in [6, 6.07) is 9.65. The molecule has 1 aromatic carbocycles. The summed E-state index contributed by atoms with van der Waals surface area (Å²) in [4.78, 5) is 51.3. The molecule has 0 spiro atoms. The molecule has 11 heteroatoms. The number of hydrogen-bond acceptors (Lipinski definition) is 6. The summed E-state index contributed by atoms with van der Waals surface area (Å²) in [5, 5.41) is 3.26. The van der Waals surface area contributed by atoms with Gasteiger partial charge in [-0.2, -0.15) is 0 Å². The van der Waals surface area contributed by atoms with E-state index < -0.39 is 43.5 Å². The number of amides is 2. The van der Waals surface area contributed by atoms with Crippen molar-refractivity contribution < 1.29 is 22.8 Å². The average molecular weight is 506 g/mol. The molecule has 4 rings (SSSR count). The lowest BCUT2D eigenvalue weighted by Crippen LogP contribution is -2.50. The number of hydrogen-bond donors (Lipinski definition) is 1. The molecule has 0 bridgehead atoms. The lowest BCUT2D eigenvalue weighted by Gasteiger charge is -2.32. The monoisotopic (exact) mass is 505 g/mol. The Morgan fingerprint density at radius 1 is 1.06 bits per heavy atom. The van der Waals surface area contributed by atoms with Gasteiger partial charge in [-0.15, -0.1) is 0 Å².